The van der Waals surface area contributed by atoms with E-state index in [2.05, 4.69) is 51.8 Å². The van der Waals surface area contributed by atoms with Gasteiger partial charge in [0.25, 0.3) is 0 Å². The van der Waals surface area contributed by atoms with Gasteiger partial charge in [-0.3, -0.25) is 0 Å². The van der Waals surface area contributed by atoms with Gasteiger partial charge in [-0.1, -0.05) is 31.9 Å². The van der Waals surface area contributed by atoms with Crippen molar-refractivity contribution in [3.63, 3.8) is 0 Å². The lowest BCUT2D eigenvalue weighted by atomic mass is 9.90. The molecule has 0 aliphatic heterocycles. The summed E-state index contributed by atoms with van der Waals surface area (Å²) >= 11 is 7.65. The normalized spacial score (nSPS) is 30.1. The van der Waals surface area contributed by atoms with E-state index in [4.69, 9.17) is 4.74 Å². The average Bonchev–Trinajstić information content (AvgIpc) is 2.99. The van der Waals surface area contributed by atoms with Gasteiger partial charge in [0, 0.05) is 14.9 Å². The summed E-state index contributed by atoms with van der Waals surface area (Å²) < 4.78 is 6.87. The fraction of sp³-hybridized carbons (Fsp3) is 0.625. The maximum atomic E-state index is 5.68. The van der Waals surface area contributed by atoms with Crippen LogP contribution in [0.4, 0.5) is 0 Å². The summed E-state index contributed by atoms with van der Waals surface area (Å²) in [5.74, 6) is 3.86. The lowest BCUT2D eigenvalue weighted by Gasteiger charge is -2.25. The van der Waals surface area contributed by atoms with Crippen molar-refractivity contribution >= 4 is 31.9 Å². The molecule has 1 nitrogen and oxygen atoms in total. The van der Waals surface area contributed by atoms with Gasteiger partial charge in [-0.05, 0) is 68.1 Å². The molecule has 3 unspecified atom stereocenters. The Labute approximate surface area is 132 Å². The molecule has 2 saturated carbocycles. The van der Waals surface area contributed by atoms with Gasteiger partial charge in [-0.2, -0.15) is 0 Å². The minimum absolute atomic E-state index is 0.423. The molecular weight excluding hydrogens is 368 g/mol. The van der Waals surface area contributed by atoms with Crippen molar-refractivity contribution < 1.29 is 4.74 Å². The third-order valence-electron chi connectivity index (χ3n) is 4.88. The molecule has 0 spiro atoms. The number of hydrogen-bond acceptors (Lipinski definition) is 1. The zero-order chi connectivity index (χ0) is 13.7. The highest BCUT2D eigenvalue weighted by Gasteiger charge is 2.48. The summed E-state index contributed by atoms with van der Waals surface area (Å²) in [5.41, 5.74) is 3.87. The van der Waals surface area contributed by atoms with Gasteiger partial charge in [0.1, 0.15) is 5.75 Å². The molecule has 3 atom stereocenters. The molecule has 19 heavy (non-hydrogen) atoms. The number of hydrogen-bond donors (Lipinski definition) is 0. The van der Waals surface area contributed by atoms with E-state index in [-0.39, 0.29) is 0 Å². The first-order valence-corrected chi connectivity index (χ1v) is 8.71. The Morgan fingerprint density at radius 2 is 1.84 bits per heavy atom. The SMILES string of the molecule is COc1c(C)cc(Br)c(C)c1C(Br)C1CC2CC2C1. The van der Waals surface area contributed by atoms with Crippen LogP contribution in [0.2, 0.25) is 0 Å². The molecule has 104 valence electrons. The molecule has 0 bridgehead atoms. The molecule has 0 amide bonds. The van der Waals surface area contributed by atoms with Crippen LogP contribution in [-0.4, -0.2) is 7.11 Å². The molecule has 0 saturated heterocycles. The number of methoxy groups -OCH3 is 1. The predicted molar refractivity (Wildman–Crippen MR) is 86.2 cm³/mol. The van der Waals surface area contributed by atoms with Gasteiger partial charge in [0.05, 0.1) is 7.11 Å². The zero-order valence-corrected chi connectivity index (χ0v) is 14.8. The molecule has 1 aromatic carbocycles. The second-order valence-electron chi connectivity index (χ2n) is 6.14. The second kappa shape index (κ2) is 5.07. The lowest BCUT2D eigenvalue weighted by molar-refractivity contribution is 0.396. The number of halogens is 2. The maximum Gasteiger partial charge on any atom is 0.126 e. The molecule has 1 aromatic rings. The van der Waals surface area contributed by atoms with Gasteiger partial charge >= 0.3 is 0 Å². The first-order valence-electron chi connectivity index (χ1n) is 7.00. The van der Waals surface area contributed by atoms with E-state index in [0.29, 0.717) is 4.83 Å². The fourth-order valence-corrected chi connectivity index (χ4v) is 5.25. The first-order chi connectivity index (χ1) is 9.02. The Bertz CT molecular complexity index is 502. The Morgan fingerprint density at radius 3 is 2.42 bits per heavy atom. The van der Waals surface area contributed by atoms with Crippen molar-refractivity contribution in [3.8, 4) is 5.75 Å². The number of rotatable bonds is 3. The van der Waals surface area contributed by atoms with Gasteiger partial charge in [0.15, 0.2) is 0 Å². The molecule has 0 heterocycles. The van der Waals surface area contributed by atoms with E-state index >= 15 is 0 Å². The molecule has 3 rings (SSSR count). The summed E-state index contributed by atoms with van der Waals surface area (Å²) in [4.78, 5) is 0.423. The van der Waals surface area contributed by atoms with Crippen molar-refractivity contribution in [2.75, 3.05) is 7.11 Å². The molecule has 2 aliphatic rings. The van der Waals surface area contributed by atoms with Crippen molar-refractivity contribution in [1.82, 2.24) is 0 Å². The molecule has 0 aromatic heterocycles. The zero-order valence-electron chi connectivity index (χ0n) is 11.7. The summed E-state index contributed by atoms with van der Waals surface area (Å²) in [5, 5.41) is 0. The maximum absolute atomic E-state index is 5.68. The Balaban J connectivity index is 1.98. The first kappa shape index (κ1) is 13.9. The highest BCUT2D eigenvalue weighted by Crippen LogP contribution is 2.59. The Kier molecular flexibility index (Phi) is 3.72. The van der Waals surface area contributed by atoms with Crippen LogP contribution in [0.3, 0.4) is 0 Å². The summed E-state index contributed by atoms with van der Waals surface area (Å²) in [6.45, 7) is 4.31. The number of benzene rings is 1. The van der Waals surface area contributed by atoms with E-state index in [1.54, 1.807) is 7.11 Å². The molecule has 2 fully saturated rings. The van der Waals surface area contributed by atoms with Crippen molar-refractivity contribution in [2.24, 2.45) is 17.8 Å². The lowest BCUT2D eigenvalue weighted by Crippen LogP contribution is -2.10. The van der Waals surface area contributed by atoms with E-state index < -0.39 is 0 Å². The minimum Gasteiger partial charge on any atom is -0.496 e. The number of fused-ring (bicyclic) bond motifs is 1. The Hall–Kier alpha value is -0.0200. The number of ether oxygens (including phenoxy) is 1. The van der Waals surface area contributed by atoms with E-state index in [1.165, 1.54) is 40.4 Å². The highest BCUT2D eigenvalue weighted by atomic mass is 79.9. The standard InChI is InChI=1S/C16H20Br2O/c1-8-4-13(17)9(2)14(16(8)19-3)15(18)12-6-10-5-11(10)7-12/h4,10-12,15H,5-7H2,1-3H3. The van der Waals surface area contributed by atoms with Crippen LogP contribution in [0.25, 0.3) is 0 Å². The van der Waals surface area contributed by atoms with E-state index in [9.17, 15) is 0 Å². The van der Waals surface area contributed by atoms with Crippen LogP contribution in [0.15, 0.2) is 10.5 Å². The van der Waals surface area contributed by atoms with Gasteiger partial charge in [0.2, 0.25) is 0 Å². The number of aryl methyl sites for hydroxylation is 1. The average molecular weight is 388 g/mol. The molecule has 0 radical (unpaired) electrons. The minimum atomic E-state index is 0.423. The largest absolute Gasteiger partial charge is 0.496 e. The summed E-state index contributed by atoms with van der Waals surface area (Å²) in [6, 6.07) is 2.16. The highest BCUT2D eigenvalue weighted by molar-refractivity contribution is 9.10. The second-order valence-corrected chi connectivity index (χ2v) is 7.98. The van der Waals surface area contributed by atoms with Crippen molar-refractivity contribution in [3.05, 3.63) is 27.2 Å². The third kappa shape index (κ3) is 2.37. The van der Waals surface area contributed by atoms with Gasteiger partial charge < -0.3 is 4.74 Å². The molecule has 2 aliphatic carbocycles. The monoisotopic (exact) mass is 386 g/mol. The number of alkyl halides is 1. The van der Waals surface area contributed by atoms with Crippen LogP contribution < -0.4 is 4.74 Å². The fourth-order valence-electron chi connectivity index (χ4n) is 3.71. The third-order valence-corrected chi connectivity index (χ3v) is 6.91. The van der Waals surface area contributed by atoms with Crippen LogP contribution in [0.5, 0.6) is 5.75 Å². The Morgan fingerprint density at radius 1 is 1.21 bits per heavy atom. The van der Waals surface area contributed by atoms with Crippen LogP contribution in [0.1, 0.15) is 40.8 Å². The molecular formula is C16H20Br2O. The van der Waals surface area contributed by atoms with Crippen molar-refractivity contribution in [1.29, 1.82) is 0 Å². The van der Waals surface area contributed by atoms with Crippen LogP contribution in [0, 0.1) is 31.6 Å². The summed E-state index contributed by atoms with van der Waals surface area (Å²) in [7, 11) is 1.78. The van der Waals surface area contributed by atoms with Crippen LogP contribution in [-0.2, 0) is 0 Å². The van der Waals surface area contributed by atoms with Gasteiger partial charge in [-0.15, -0.1) is 0 Å². The smallest absolute Gasteiger partial charge is 0.126 e. The van der Waals surface area contributed by atoms with E-state index in [0.717, 1.165) is 23.5 Å². The molecule has 0 N–H and O–H groups in total. The predicted octanol–water partition coefficient (Wildman–Crippen LogP) is 5.56. The quantitative estimate of drug-likeness (QED) is 0.617. The summed E-state index contributed by atoms with van der Waals surface area (Å²) in [6.07, 6.45) is 4.24. The van der Waals surface area contributed by atoms with Crippen molar-refractivity contribution in [2.45, 2.75) is 37.9 Å². The van der Waals surface area contributed by atoms with E-state index in [1.807, 2.05) is 0 Å². The van der Waals surface area contributed by atoms with Gasteiger partial charge in [-0.25, -0.2) is 0 Å². The topological polar surface area (TPSA) is 9.23 Å². The molecule has 3 heteroatoms. The van der Waals surface area contributed by atoms with Crippen LogP contribution >= 0.6 is 31.9 Å².